The third-order valence-corrected chi connectivity index (χ3v) is 11.7. The summed E-state index contributed by atoms with van der Waals surface area (Å²) in [6.45, 7) is 0. The topological polar surface area (TPSA) is 3.24 Å². The van der Waals surface area contributed by atoms with E-state index in [9.17, 15) is 5.48 Å². The molecule has 0 radical (unpaired) electrons. The molecule has 0 heterocycles. The fourth-order valence-electron chi connectivity index (χ4n) is 8.73. The van der Waals surface area contributed by atoms with Crippen molar-refractivity contribution in [1.82, 2.24) is 0 Å². The summed E-state index contributed by atoms with van der Waals surface area (Å²) in [6.07, 6.45) is 0. The van der Waals surface area contributed by atoms with Gasteiger partial charge in [-0.25, -0.2) is 0 Å². The number of anilines is 3. The lowest BCUT2D eigenvalue weighted by molar-refractivity contribution is 1.28. The normalized spacial score (nSPS) is 12.2. The number of hydrogen-bond acceptors (Lipinski definition) is 1. The molecule has 0 saturated heterocycles. The van der Waals surface area contributed by atoms with Gasteiger partial charge in [0, 0.05) is 17.1 Å². The van der Waals surface area contributed by atoms with Gasteiger partial charge in [-0.1, -0.05) is 206 Å². The average molecular weight is 780 g/mol. The lowest BCUT2D eigenvalue weighted by Gasteiger charge is -2.26. The average Bonchev–Trinajstić information content (AvgIpc) is 3.37. The molecule has 61 heavy (non-hydrogen) atoms. The van der Waals surface area contributed by atoms with E-state index >= 15 is 0 Å². The highest BCUT2D eigenvalue weighted by Crippen LogP contribution is 2.42. The first-order valence-corrected chi connectivity index (χ1v) is 20.7. The summed E-state index contributed by atoms with van der Waals surface area (Å²) in [4.78, 5) is 1.87. The van der Waals surface area contributed by atoms with E-state index in [1.165, 1.54) is 16.2 Å². The number of benzene rings is 11. The molecule has 286 valence electrons. The predicted octanol–water partition coefficient (Wildman–Crippen LogP) is 17.0. The lowest BCUT2D eigenvalue weighted by Crippen LogP contribution is -2.09. The second-order valence-electron chi connectivity index (χ2n) is 15.4. The zero-order valence-electron chi connectivity index (χ0n) is 37.3. The molecule has 1 heteroatoms. The van der Waals surface area contributed by atoms with Gasteiger partial charge < -0.3 is 4.90 Å². The van der Waals surface area contributed by atoms with E-state index < -0.39 is 0 Å². The van der Waals surface area contributed by atoms with Crippen LogP contribution in [0.5, 0.6) is 0 Å². The first kappa shape index (κ1) is 31.9. The van der Waals surface area contributed by atoms with Gasteiger partial charge in [0.1, 0.15) is 0 Å². The molecule has 0 unspecified atom stereocenters. The Morgan fingerprint density at radius 3 is 1.36 bits per heavy atom. The Morgan fingerprint density at radius 2 is 0.721 bits per heavy atom. The van der Waals surface area contributed by atoms with Gasteiger partial charge in [0.25, 0.3) is 0 Å². The Balaban J connectivity index is 1.06. The molecule has 0 atom stereocenters. The molecule has 11 aromatic carbocycles. The van der Waals surface area contributed by atoms with Gasteiger partial charge in [-0.15, -0.1) is 0 Å². The highest BCUT2D eigenvalue weighted by molar-refractivity contribution is 6.14. The largest absolute Gasteiger partial charge is 0.311 e. The van der Waals surface area contributed by atoms with Crippen LogP contribution in [0.15, 0.2) is 249 Å². The number of nitrogens with zero attached hydrogens (tertiary/aromatic N) is 1. The number of hydrogen-bond donors (Lipinski definition) is 0. The van der Waals surface area contributed by atoms with E-state index in [0.29, 0.717) is 16.9 Å². The molecule has 0 spiro atoms. The van der Waals surface area contributed by atoms with Crippen molar-refractivity contribution in [2.75, 3.05) is 4.90 Å². The van der Waals surface area contributed by atoms with Gasteiger partial charge in [0.05, 0.1) is 5.48 Å². The Labute approximate surface area is 362 Å². The van der Waals surface area contributed by atoms with Crippen LogP contribution in [0.4, 0.5) is 17.1 Å². The zero-order chi connectivity index (χ0) is 44.0. The summed E-state index contributed by atoms with van der Waals surface area (Å²) >= 11 is 0. The van der Waals surface area contributed by atoms with Gasteiger partial charge in [0.2, 0.25) is 0 Å². The third kappa shape index (κ3) is 6.83. The van der Waals surface area contributed by atoms with Crippen molar-refractivity contribution in [2.45, 2.75) is 0 Å². The first-order chi connectivity index (χ1) is 31.9. The van der Waals surface area contributed by atoms with E-state index in [4.69, 9.17) is 0 Å². The highest BCUT2D eigenvalue weighted by Gasteiger charge is 2.17. The Hall–Kier alpha value is -8.00. The van der Waals surface area contributed by atoms with Gasteiger partial charge in [-0.05, 0) is 130 Å². The molecule has 0 fully saturated rings. The van der Waals surface area contributed by atoms with Crippen LogP contribution in [0.3, 0.4) is 0 Å². The minimum Gasteiger partial charge on any atom is -0.311 e. The molecule has 0 aliphatic carbocycles. The van der Waals surface area contributed by atoms with Crippen molar-refractivity contribution in [3.8, 4) is 55.6 Å². The zero-order valence-corrected chi connectivity index (χ0v) is 33.3. The second-order valence-corrected chi connectivity index (χ2v) is 15.4. The summed E-state index contributed by atoms with van der Waals surface area (Å²) < 4.78 is 38.1. The van der Waals surface area contributed by atoms with E-state index in [1.54, 1.807) is 0 Å². The molecule has 11 rings (SSSR count). The Bertz CT molecular complexity index is 3520. The van der Waals surface area contributed by atoms with Crippen molar-refractivity contribution in [2.24, 2.45) is 0 Å². The van der Waals surface area contributed by atoms with Crippen LogP contribution in [-0.2, 0) is 0 Å². The fourth-order valence-corrected chi connectivity index (χ4v) is 8.73. The Morgan fingerprint density at radius 1 is 0.262 bits per heavy atom. The van der Waals surface area contributed by atoms with Gasteiger partial charge in [-0.3, -0.25) is 0 Å². The summed E-state index contributed by atoms with van der Waals surface area (Å²) in [6, 6.07) is 76.2. The van der Waals surface area contributed by atoms with E-state index in [2.05, 4.69) is 140 Å². The van der Waals surface area contributed by atoms with Gasteiger partial charge >= 0.3 is 0 Å². The van der Waals surface area contributed by atoms with Crippen LogP contribution < -0.4 is 4.90 Å². The molecule has 1 nitrogen and oxygen atoms in total. The molecular weight excluding hydrogens is 735 g/mol. The van der Waals surface area contributed by atoms with Crippen molar-refractivity contribution in [3.05, 3.63) is 249 Å². The first-order valence-electron chi connectivity index (χ1n) is 22.7. The number of fused-ring (bicyclic) bond motifs is 4. The standard InChI is InChI=1S/C60H41N/c1-3-13-42(14-4-1)43-23-25-44(26-24-43)45-27-34-51(35-28-45)61(53-38-31-48(32-39-53)59-41-50-18-8-9-19-54(50)57-21-11-12-22-58(57)59)52-36-29-47(30-37-52)56-40-33-46-15-7-10-20-55(46)60(56)49-16-5-2-6-17-49/h1-41H/i27D,28D,34D,35D. The maximum Gasteiger partial charge on any atom is 0.0645 e. The fraction of sp³-hybridized carbons (Fsp3) is 0. The van der Waals surface area contributed by atoms with Crippen LogP contribution >= 0.6 is 0 Å². The van der Waals surface area contributed by atoms with Crippen LogP contribution in [0.25, 0.3) is 88.0 Å². The maximum absolute atomic E-state index is 9.62. The van der Waals surface area contributed by atoms with Crippen LogP contribution in [0.1, 0.15) is 5.48 Å². The predicted molar refractivity (Wildman–Crippen MR) is 261 cm³/mol. The Kier molecular flexibility index (Phi) is 8.18. The highest BCUT2D eigenvalue weighted by atomic mass is 15.1. The molecule has 0 amide bonds. The lowest BCUT2D eigenvalue weighted by atomic mass is 9.90. The molecule has 0 bridgehead atoms. The van der Waals surface area contributed by atoms with Crippen molar-refractivity contribution < 1.29 is 5.48 Å². The summed E-state index contributed by atoms with van der Waals surface area (Å²) in [5, 5.41) is 7.04. The van der Waals surface area contributed by atoms with Crippen molar-refractivity contribution >= 4 is 49.4 Å². The minimum absolute atomic E-state index is 0.0991. The van der Waals surface area contributed by atoms with Gasteiger partial charge in [0.15, 0.2) is 0 Å². The molecule has 0 aliphatic heterocycles. The summed E-state index contributed by atoms with van der Waals surface area (Å²) in [7, 11) is 0. The maximum atomic E-state index is 9.62. The second kappa shape index (κ2) is 15.6. The van der Waals surface area contributed by atoms with Crippen molar-refractivity contribution in [1.29, 1.82) is 0 Å². The molecule has 0 aromatic heterocycles. The minimum atomic E-state index is -0.122. The van der Waals surface area contributed by atoms with Crippen LogP contribution in [-0.4, -0.2) is 0 Å². The smallest absolute Gasteiger partial charge is 0.0645 e. The molecule has 0 saturated carbocycles. The van der Waals surface area contributed by atoms with E-state index in [-0.39, 0.29) is 35.4 Å². The summed E-state index contributed by atoms with van der Waals surface area (Å²) in [5.41, 5.74) is 11.1. The molecule has 0 aliphatic rings. The van der Waals surface area contributed by atoms with Crippen molar-refractivity contribution in [3.63, 3.8) is 0 Å². The number of rotatable bonds is 8. The molecule has 0 N–H and O–H groups in total. The molecular formula is C60H41N. The van der Waals surface area contributed by atoms with E-state index in [0.717, 1.165) is 60.7 Å². The van der Waals surface area contributed by atoms with Gasteiger partial charge in [-0.2, -0.15) is 0 Å². The SMILES string of the molecule is [2H]c1c([2H])c(N(c2ccc(-c3ccc4ccccc4c3-c3ccccc3)cc2)c2ccc(-c3cc4ccccc4c4ccccc34)cc2)c([2H])c([2H])c1-c1ccc(-c2ccccc2)cc1. The van der Waals surface area contributed by atoms with Crippen LogP contribution in [0.2, 0.25) is 0 Å². The third-order valence-electron chi connectivity index (χ3n) is 11.7. The molecule has 11 aromatic rings. The monoisotopic (exact) mass is 779 g/mol. The van der Waals surface area contributed by atoms with E-state index in [1.807, 2.05) is 89.8 Å². The summed E-state index contributed by atoms with van der Waals surface area (Å²) in [5.74, 6) is 0. The van der Waals surface area contributed by atoms with Crippen LogP contribution in [0, 0.1) is 0 Å². The quantitative estimate of drug-likeness (QED) is 0.139.